The van der Waals surface area contributed by atoms with Crippen LogP contribution in [0.4, 0.5) is 18.2 Å². The second kappa shape index (κ2) is 9.90. The van der Waals surface area contributed by atoms with E-state index in [0.29, 0.717) is 21.7 Å². The summed E-state index contributed by atoms with van der Waals surface area (Å²) in [6.45, 7) is 6.57. The predicted octanol–water partition coefficient (Wildman–Crippen LogP) is 7.08. The van der Waals surface area contributed by atoms with Crippen molar-refractivity contribution in [3.8, 4) is 10.6 Å². The van der Waals surface area contributed by atoms with Crippen molar-refractivity contribution in [1.82, 2.24) is 14.6 Å². The maximum absolute atomic E-state index is 14.0. The Morgan fingerprint density at radius 1 is 1.31 bits per heavy atom. The van der Waals surface area contributed by atoms with Crippen molar-refractivity contribution in [3.63, 3.8) is 0 Å². The van der Waals surface area contributed by atoms with Gasteiger partial charge in [-0.25, -0.2) is 9.50 Å². The molecule has 0 saturated heterocycles. The molecule has 5 rings (SSSR count). The summed E-state index contributed by atoms with van der Waals surface area (Å²) in [4.78, 5) is 31.5. The average Bonchev–Trinajstić information content (AvgIpc) is 3.60. The lowest BCUT2D eigenvalue weighted by atomic mass is 9.69. The molecule has 7 nitrogen and oxygen atoms in total. The molecule has 1 aliphatic carbocycles. The van der Waals surface area contributed by atoms with E-state index in [1.807, 2.05) is 0 Å². The number of alkyl halides is 3. The molecule has 1 aliphatic rings. The lowest BCUT2D eigenvalue weighted by molar-refractivity contribution is -0.142. The largest absolute Gasteiger partial charge is 0.433 e. The first-order valence-electron chi connectivity index (χ1n) is 12.3. The molecular formula is C26H25ClF3N5O2S2. The van der Waals surface area contributed by atoms with Gasteiger partial charge in [0.05, 0.1) is 16.1 Å². The molecule has 206 valence electrons. The molecule has 0 bridgehead atoms. The minimum atomic E-state index is -4.79. The summed E-state index contributed by atoms with van der Waals surface area (Å²) < 4.78 is 42.4. The lowest BCUT2D eigenvalue weighted by Gasteiger charge is -2.36. The monoisotopic (exact) mass is 595 g/mol. The van der Waals surface area contributed by atoms with Crippen LogP contribution >= 0.6 is 34.3 Å². The molecule has 4 aromatic heterocycles. The van der Waals surface area contributed by atoms with Gasteiger partial charge in [0.2, 0.25) is 0 Å². The van der Waals surface area contributed by atoms with Crippen LogP contribution in [-0.4, -0.2) is 26.4 Å². The van der Waals surface area contributed by atoms with Crippen molar-refractivity contribution in [2.24, 2.45) is 17.1 Å². The summed E-state index contributed by atoms with van der Waals surface area (Å²) in [6, 6.07) is 4.20. The van der Waals surface area contributed by atoms with Gasteiger partial charge in [-0.15, -0.1) is 22.7 Å². The van der Waals surface area contributed by atoms with Crippen LogP contribution in [0.3, 0.4) is 0 Å². The first-order valence-corrected chi connectivity index (χ1v) is 14.3. The van der Waals surface area contributed by atoms with E-state index in [1.165, 1.54) is 22.7 Å². The zero-order valence-corrected chi connectivity index (χ0v) is 23.7. The molecule has 0 fully saturated rings. The molecule has 4 aromatic rings. The number of amides is 2. The van der Waals surface area contributed by atoms with Crippen LogP contribution < -0.4 is 11.1 Å². The van der Waals surface area contributed by atoms with E-state index >= 15 is 0 Å². The molecule has 0 unspecified atom stereocenters. The second-order valence-electron chi connectivity index (χ2n) is 10.2. The Bertz CT molecular complexity index is 1590. The van der Waals surface area contributed by atoms with Crippen molar-refractivity contribution in [3.05, 3.63) is 56.0 Å². The van der Waals surface area contributed by atoms with Gasteiger partial charge in [-0.05, 0) is 53.7 Å². The molecule has 2 amide bonds. The van der Waals surface area contributed by atoms with Gasteiger partial charge in [-0.2, -0.15) is 18.3 Å². The number of thiophene rings is 2. The Labute approximate surface area is 235 Å². The smallest absolute Gasteiger partial charge is 0.365 e. The molecule has 0 aliphatic heterocycles. The molecular weight excluding hydrogens is 571 g/mol. The fourth-order valence-corrected chi connectivity index (χ4v) is 7.20. The molecule has 39 heavy (non-hydrogen) atoms. The Kier molecular flexibility index (Phi) is 7.01. The normalized spacial score (nSPS) is 15.9. The number of nitrogens with one attached hydrogen (secondary N) is 1. The van der Waals surface area contributed by atoms with E-state index in [1.54, 1.807) is 17.5 Å². The molecule has 1 atom stereocenters. The molecule has 3 N–H and O–H groups in total. The van der Waals surface area contributed by atoms with E-state index in [9.17, 15) is 22.8 Å². The fraction of sp³-hybridized carbons (Fsp3) is 0.385. The summed E-state index contributed by atoms with van der Waals surface area (Å²) >= 11 is 8.88. The number of primary amides is 1. The Balaban J connectivity index is 1.54. The number of halogens is 4. The molecule has 0 spiro atoms. The van der Waals surface area contributed by atoms with Crippen LogP contribution in [0.15, 0.2) is 23.6 Å². The van der Waals surface area contributed by atoms with Gasteiger partial charge in [0.1, 0.15) is 10.0 Å². The van der Waals surface area contributed by atoms with E-state index in [4.69, 9.17) is 17.3 Å². The van der Waals surface area contributed by atoms with Crippen LogP contribution in [-0.2, 0) is 19.0 Å². The Morgan fingerprint density at radius 3 is 2.67 bits per heavy atom. The number of rotatable bonds is 6. The number of nitrogens with zero attached hydrogens (tertiary/aromatic N) is 3. The van der Waals surface area contributed by atoms with Gasteiger partial charge in [0.25, 0.3) is 11.8 Å². The Morgan fingerprint density at radius 2 is 2.05 bits per heavy atom. The third-order valence-corrected chi connectivity index (χ3v) is 9.98. The summed E-state index contributed by atoms with van der Waals surface area (Å²) in [5.74, 6) is -1.14. The highest BCUT2D eigenvalue weighted by Gasteiger charge is 2.38. The highest BCUT2D eigenvalue weighted by Crippen LogP contribution is 2.45. The van der Waals surface area contributed by atoms with Crippen LogP contribution in [0, 0.1) is 11.3 Å². The van der Waals surface area contributed by atoms with Crippen molar-refractivity contribution >= 4 is 56.7 Å². The number of anilines is 1. The minimum absolute atomic E-state index is 0.0603. The molecule has 13 heteroatoms. The predicted molar refractivity (Wildman–Crippen MR) is 147 cm³/mol. The first-order chi connectivity index (χ1) is 18.3. The standard InChI is InChI=1S/C26H25ClF3N5O2S2/c1-4-25(2,3)12-7-8-13-16(10-12)39-24(18(13)21(31)36)33-23(37)20-19(27)22-32-14(15-6-5-9-38-15)11-17(26(28,29)30)35(22)34-20/h5-6,9,11-12H,4,7-8,10H2,1-3H3,(H2,31,36)(H,33,37)/t12-/m1/s1. The van der Waals surface area contributed by atoms with Crippen LogP contribution in [0.5, 0.6) is 0 Å². The second-order valence-corrected chi connectivity index (χ2v) is 12.6. The SMILES string of the molecule is CCC(C)(C)[C@@H]1CCc2c(sc(NC(=O)c3nn4c(C(F)(F)F)cc(-c5cccs5)nc4c3Cl)c2C(N)=O)C1. The van der Waals surface area contributed by atoms with E-state index in [2.05, 4.69) is 36.2 Å². The highest BCUT2D eigenvalue weighted by atomic mass is 35.5. The van der Waals surface area contributed by atoms with Gasteiger partial charge < -0.3 is 11.1 Å². The number of carbonyl (C=O) groups excluding carboxylic acids is 2. The molecule has 0 radical (unpaired) electrons. The zero-order valence-electron chi connectivity index (χ0n) is 21.3. The number of nitrogens with two attached hydrogens (primary N) is 1. The summed E-state index contributed by atoms with van der Waals surface area (Å²) in [5.41, 5.74) is 5.05. The van der Waals surface area contributed by atoms with Gasteiger partial charge in [0.15, 0.2) is 17.0 Å². The van der Waals surface area contributed by atoms with Crippen molar-refractivity contribution < 1.29 is 22.8 Å². The third kappa shape index (κ3) is 4.93. The first kappa shape index (κ1) is 27.6. The number of fused-ring (bicyclic) bond motifs is 2. The summed E-state index contributed by atoms with van der Waals surface area (Å²) in [7, 11) is 0. The third-order valence-electron chi connectivity index (χ3n) is 7.57. The van der Waals surface area contributed by atoms with Gasteiger partial charge >= 0.3 is 6.18 Å². The highest BCUT2D eigenvalue weighted by molar-refractivity contribution is 7.17. The molecule has 4 heterocycles. The maximum Gasteiger partial charge on any atom is 0.433 e. The van der Waals surface area contributed by atoms with Crippen LogP contribution in [0.25, 0.3) is 16.2 Å². The summed E-state index contributed by atoms with van der Waals surface area (Å²) in [6.07, 6.45) is -1.51. The molecule has 0 saturated carbocycles. The van der Waals surface area contributed by atoms with Gasteiger partial charge in [-0.1, -0.05) is 44.9 Å². The zero-order chi connectivity index (χ0) is 28.3. The van der Waals surface area contributed by atoms with Crippen LogP contribution in [0.1, 0.15) is 70.6 Å². The topological polar surface area (TPSA) is 102 Å². The van der Waals surface area contributed by atoms with E-state index in [-0.39, 0.29) is 32.3 Å². The van der Waals surface area contributed by atoms with Crippen molar-refractivity contribution in [2.75, 3.05) is 5.32 Å². The van der Waals surface area contributed by atoms with Gasteiger partial charge in [0, 0.05) is 4.88 Å². The van der Waals surface area contributed by atoms with Crippen LogP contribution in [0.2, 0.25) is 5.02 Å². The number of hydrogen-bond donors (Lipinski definition) is 2. The number of hydrogen-bond acceptors (Lipinski definition) is 6. The average molecular weight is 596 g/mol. The number of carbonyl (C=O) groups is 2. The number of aromatic nitrogens is 3. The lowest BCUT2D eigenvalue weighted by Crippen LogP contribution is -2.29. The van der Waals surface area contributed by atoms with Crippen molar-refractivity contribution in [1.29, 1.82) is 0 Å². The van der Waals surface area contributed by atoms with E-state index < -0.39 is 29.4 Å². The quantitative estimate of drug-likeness (QED) is 0.248. The van der Waals surface area contributed by atoms with Gasteiger partial charge in [-0.3, -0.25) is 9.59 Å². The molecule has 0 aromatic carbocycles. The van der Waals surface area contributed by atoms with E-state index in [0.717, 1.165) is 35.8 Å². The Hall–Kier alpha value is -2.96. The minimum Gasteiger partial charge on any atom is -0.365 e. The summed E-state index contributed by atoms with van der Waals surface area (Å²) in [5, 5.41) is 8.16. The van der Waals surface area contributed by atoms with Crippen molar-refractivity contribution in [2.45, 2.75) is 52.6 Å². The maximum atomic E-state index is 14.0. The fourth-order valence-electron chi connectivity index (χ4n) is 4.94.